The van der Waals surface area contributed by atoms with E-state index >= 15 is 0 Å². The maximum atomic E-state index is 5.71. The molecule has 3 aromatic rings. The highest BCUT2D eigenvalue weighted by molar-refractivity contribution is 5.82. The van der Waals surface area contributed by atoms with Gasteiger partial charge in [0.2, 0.25) is 0 Å². The second kappa shape index (κ2) is 3.88. The number of aryl methyl sites for hydroxylation is 2. The van der Waals surface area contributed by atoms with E-state index < -0.39 is 0 Å². The number of anilines is 1. The Kier molecular flexibility index (Phi) is 2.33. The summed E-state index contributed by atoms with van der Waals surface area (Å²) in [5.74, 6) is 1.03. The largest absolute Gasteiger partial charge is 0.399 e. The van der Waals surface area contributed by atoms with Gasteiger partial charge in [-0.25, -0.2) is 4.98 Å². The average molecular weight is 237 g/mol. The van der Waals surface area contributed by atoms with Crippen molar-refractivity contribution >= 4 is 16.7 Å². The van der Waals surface area contributed by atoms with Crippen LogP contribution in [0.3, 0.4) is 0 Å². The van der Waals surface area contributed by atoms with E-state index in [0.717, 1.165) is 22.5 Å². The minimum atomic E-state index is 0.788. The van der Waals surface area contributed by atoms with Crippen molar-refractivity contribution in [2.45, 2.75) is 6.92 Å². The standard InChI is InChI=1S/C15H15N3/c1-10-17-14-8-5-12(9-15(14)18(10)2)11-3-6-13(16)7-4-11/h3-9H,16H2,1-2H3. The van der Waals surface area contributed by atoms with Gasteiger partial charge in [0.05, 0.1) is 11.0 Å². The first-order valence-corrected chi connectivity index (χ1v) is 5.94. The van der Waals surface area contributed by atoms with Crippen LogP contribution in [0, 0.1) is 6.92 Å². The average Bonchev–Trinajstić information content (AvgIpc) is 2.66. The third-order valence-electron chi connectivity index (χ3n) is 3.35. The zero-order valence-electron chi connectivity index (χ0n) is 10.5. The smallest absolute Gasteiger partial charge is 0.106 e. The van der Waals surface area contributed by atoms with Crippen LogP contribution in [0.25, 0.3) is 22.2 Å². The van der Waals surface area contributed by atoms with Crippen molar-refractivity contribution in [1.82, 2.24) is 9.55 Å². The molecule has 3 nitrogen and oxygen atoms in total. The molecule has 0 fully saturated rings. The maximum absolute atomic E-state index is 5.71. The summed E-state index contributed by atoms with van der Waals surface area (Å²) in [6, 6.07) is 14.3. The number of fused-ring (bicyclic) bond motifs is 1. The number of hydrogen-bond donors (Lipinski definition) is 1. The van der Waals surface area contributed by atoms with Gasteiger partial charge in [-0.15, -0.1) is 0 Å². The van der Waals surface area contributed by atoms with Crippen LogP contribution >= 0.6 is 0 Å². The molecule has 3 rings (SSSR count). The summed E-state index contributed by atoms with van der Waals surface area (Å²) in [6.45, 7) is 2.02. The molecule has 0 amide bonds. The summed E-state index contributed by atoms with van der Waals surface area (Å²) in [6.07, 6.45) is 0. The number of nitrogens with zero attached hydrogens (tertiary/aromatic N) is 2. The van der Waals surface area contributed by atoms with Crippen molar-refractivity contribution in [2.24, 2.45) is 7.05 Å². The molecule has 0 aliphatic rings. The van der Waals surface area contributed by atoms with Gasteiger partial charge in [-0.05, 0) is 42.3 Å². The lowest BCUT2D eigenvalue weighted by Gasteiger charge is -2.03. The Morgan fingerprint density at radius 3 is 2.39 bits per heavy atom. The van der Waals surface area contributed by atoms with Crippen LogP contribution < -0.4 is 5.73 Å². The molecule has 0 unspecified atom stereocenters. The summed E-state index contributed by atoms with van der Waals surface area (Å²) in [5.41, 5.74) is 11.0. The first kappa shape index (κ1) is 10.8. The molecular weight excluding hydrogens is 222 g/mol. The molecule has 2 aromatic carbocycles. The highest BCUT2D eigenvalue weighted by Crippen LogP contribution is 2.25. The molecule has 0 spiro atoms. The van der Waals surface area contributed by atoms with Gasteiger partial charge in [-0.1, -0.05) is 18.2 Å². The van der Waals surface area contributed by atoms with Crippen molar-refractivity contribution in [3.05, 3.63) is 48.3 Å². The van der Waals surface area contributed by atoms with Gasteiger partial charge in [0.1, 0.15) is 5.82 Å². The van der Waals surface area contributed by atoms with Crippen molar-refractivity contribution in [3.8, 4) is 11.1 Å². The zero-order chi connectivity index (χ0) is 12.7. The molecule has 0 saturated carbocycles. The van der Waals surface area contributed by atoms with E-state index in [1.54, 1.807) is 0 Å². The Morgan fingerprint density at radius 1 is 1.00 bits per heavy atom. The second-order valence-electron chi connectivity index (χ2n) is 4.54. The van der Waals surface area contributed by atoms with Gasteiger partial charge in [-0.2, -0.15) is 0 Å². The molecule has 90 valence electrons. The van der Waals surface area contributed by atoms with E-state index in [1.165, 1.54) is 11.1 Å². The fourth-order valence-electron chi connectivity index (χ4n) is 2.17. The van der Waals surface area contributed by atoms with E-state index in [0.29, 0.717) is 0 Å². The van der Waals surface area contributed by atoms with E-state index in [4.69, 9.17) is 5.73 Å². The molecule has 0 aliphatic carbocycles. The number of benzene rings is 2. The minimum absolute atomic E-state index is 0.788. The molecule has 0 saturated heterocycles. The van der Waals surface area contributed by atoms with Crippen LogP contribution in [0.5, 0.6) is 0 Å². The van der Waals surface area contributed by atoms with E-state index in [1.807, 2.05) is 38.2 Å². The number of rotatable bonds is 1. The Bertz CT molecular complexity index is 708. The number of aromatic nitrogens is 2. The molecule has 3 heteroatoms. The van der Waals surface area contributed by atoms with Crippen LogP contribution in [0.1, 0.15) is 5.82 Å². The van der Waals surface area contributed by atoms with Crippen LogP contribution in [-0.2, 0) is 7.05 Å². The van der Waals surface area contributed by atoms with Gasteiger partial charge < -0.3 is 10.3 Å². The zero-order valence-corrected chi connectivity index (χ0v) is 10.5. The number of imidazole rings is 1. The molecule has 1 heterocycles. The predicted octanol–water partition coefficient (Wildman–Crippen LogP) is 3.13. The first-order chi connectivity index (χ1) is 8.65. The SMILES string of the molecule is Cc1nc2ccc(-c3ccc(N)cc3)cc2n1C. The molecular formula is C15H15N3. The molecule has 0 aliphatic heterocycles. The Labute approximate surface area is 106 Å². The van der Waals surface area contributed by atoms with Crippen LogP contribution in [0.2, 0.25) is 0 Å². The summed E-state index contributed by atoms with van der Waals surface area (Å²) >= 11 is 0. The van der Waals surface area contributed by atoms with E-state index in [-0.39, 0.29) is 0 Å². The predicted molar refractivity (Wildman–Crippen MR) is 75.3 cm³/mol. The summed E-state index contributed by atoms with van der Waals surface area (Å²) in [4.78, 5) is 4.50. The number of nitrogens with two attached hydrogens (primary N) is 1. The van der Waals surface area contributed by atoms with Crippen LogP contribution in [-0.4, -0.2) is 9.55 Å². The normalized spacial score (nSPS) is 11.0. The van der Waals surface area contributed by atoms with Crippen molar-refractivity contribution < 1.29 is 0 Å². The number of nitrogen functional groups attached to an aromatic ring is 1. The maximum Gasteiger partial charge on any atom is 0.106 e. The summed E-state index contributed by atoms with van der Waals surface area (Å²) in [7, 11) is 2.04. The van der Waals surface area contributed by atoms with E-state index in [9.17, 15) is 0 Å². The molecule has 0 atom stereocenters. The van der Waals surface area contributed by atoms with Crippen molar-refractivity contribution in [3.63, 3.8) is 0 Å². The summed E-state index contributed by atoms with van der Waals surface area (Å²) < 4.78 is 2.11. The Hall–Kier alpha value is -2.29. The molecule has 1 aromatic heterocycles. The monoisotopic (exact) mass is 237 g/mol. The molecule has 0 radical (unpaired) electrons. The molecule has 18 heavy (non-hydrogen) atoms. The van der Waals surface area contributed by atoms with Gasteiger partial charge in [0.25, 0.3) is 0 Å². The third-order valence-corrected chi connectivity index (χ3v) is 3.35. The highest BCUT2D eigenvalue weighted by atomic mass is 15.0. The topological polar surface area (TPSA) is 43.8 Å². The third kappa shape index (κ3) is 1.64. The highest BCUT2D eigenvalue weighted by Gasteiger charge is 2.05. The Balaban J connectivity index is 2.18. The van der Waals surface area contributed by atoms with Gasteiger partial charge in [0, 0.05) is 12.7 Å². The fraction of sp³-hybridized carbons (Fsp3) is 0.133. The summed E-state index contributed by atoms with van der Waals surface area (Å²) in [5, 5.41) is 0. The van der Waals surface area contributed by atoms with Crippen LogP contribution in [0.4, 0.5) is 5.69 Å². The molecule has 0 bridgehead atoms. The lowest BCUT2D eigenvalue weighted by Crippen LogP contribution is -1.90. The Morgan fingerprint density at radius 2 is 1.67 bits per heavy atom. The van der Waals surface area contributed by atoms with Crippen LogP contribution in [0.15, 0.2) is 42.5 Å². The quantitative estimate of drug-likeness (QED) is 0.661. The van der Waals surface area contributed by atoms with Gasteiger partial charge in [-0.3, -0.25) is 0 Å². The fourth-order valence-corrected chi connectivity index (χ4v) is 2.17. The van der Waals surface area contributed by atoms with Gasteiger partial charge in [0.15, 0.2) is 0 Å². The second-order valence-corrected chi connectivity index (χ2v) is 4.54. The van der Waals surface area contributed by atoms with Crippen molar-refractivity contribution in [1.29, 1.82) is 0 Å². The minimum Gasteiger partial charge on any atom is -0.399 e. The number of hydrogen-bond acceptors (Lipinski definition) is 2. The lowest BCUT2D eigenvalue weighted by molar-refractivity contribution is 0.886. The van der Waals surface area contributed by atoms with E-state index in [2.05, 4.69) is 27.8 Å². The molecule has 2 N–H and O–H groups in total. The first-order valence-electron chi connectivity index (χ1n) is 5.94. The van der Waals surface area contributed by atoms with Gasteiger partial charge >= 0.3 is 0 Å². The lowest BCUT2D eigenvalue weighted by atomic mass is 10.0. The van der Waals surface area contributed by atoms with Crippen molar-refractivity contribution in [2.75, 3.05) is 5.73 Å².